The Morgan fingerprint density at radius 3 is 2.63 bits per heavy atom. The Kier molecular flexibility index (Phi) is 5.55. The molecule has 7 rings (SSSR count). The average Bonchev–Trinajstić information content (AvgIpc) is 3.58. The smallest absolute Gasteiger partial charge is 0.159 e. The molecule has 188 valence electrons. The van der Waals surface area contributed by atoms with E-state index in [1.165, 1.54) is 12.1 Å². The molecule has 38 heavy (non-hydrogen) atoms. The van der Waals surface area contributed by atoms with E-state index in [0.29, 0.717) is 11.5 Å². The Balaban J connectivity index is 1.25. The fourth-order valence-electron chi connectivity index (χ4n) is 4.99. The summed E-state index contributed by atoms with van der Waals surface area (Å²) >= 11 is 0. The molecule has 0 unspecified atom stereocenters. The number of aromatic amines is 2. The number of aromatic nitrogens is 6. The monoisotopic (exact) mass is 505 g/mol. The van der Waals surface area contributed by atoms with Gasteiger partial charge < -0.3 is 15.0 Å². The van der Waals surface area contributed by atoms with Crippen molar-refractivity contribution >= 4 is 21.9 Å². The van der Waals surface area contributed by atoms with Crippen molar-refractivity contribution in [1.82, 2.24) is 35.5 Å². The molecule has 0 aliphatic carbocycles. The largest absolute Gasteiger partial charge is 0.489 e. The van der Waals surface area contributed by atoms with Gasteiger partial charge in [0.05, 0.1) is 34.6 Å². The van der Waals surface area contributed by atoms with Crippen LogP contribution in [-0.4, -0.2) is 49.3 Å². The van der Waals surface area contributed by atoms with E-state index in [4.69, 9.17) is 9.72 Å². The lowest BCUT2D eigenvalue weighted by molar-refractivity contribution is 0.162. The van der Waals surface area contributed by atoms with E-state index in [1.54, 1.807) is 30.7 Å². The van der Waals surface area contributed by atoms with Crippen molar-refractivity contribution in [3.05, 3.63) is 79.0 Å². The molecule has 4 aromatic heterocycles. The number of fused-ring (bicyclic) bond motifs is 2. The number of halogens is 1. The number of hydrogen-bond acceptors (Lipinski definition) is 6. The molecule has 1 aliphatic rings. The number of nitrogens with zero attached hydrogens (tertiary/aromatic N) is 4. The summed E-state index contributed by atoms with van der Waals surface area (Å²) in [5.41, 5.74) is 6.63. The van der Waals surface area contributed by atoms with E-state index in [1.807, 2.05) is 30.3 Å². The van der Waals surface area contributed by atoms with Crippen molar-refractivity contribution < 1.29 is 9.13 Å². The summed E-state index contributed by atoms with van der Waals surface area (Å²) in [5.74, 6) is 1.11. The number of hydrogen-bond donors (Lipinski definition) is 3. The highest BCUT2D eigenvalue weighted by Crippen LogP contribution is 2.33. The predicted octanol–water partition coefficient (Wildman–Crippen LogP) is 5.50. The van der Waals surface area contributed by atoms with E-state index >= 15 is 0 Å². The number of rotatable bonds is 5. The Bertz CT molecular complexity index is 1750. The van der Waals surface area contributed by atoms with Crippen LogP contribution in [-0.2, 0) is 0 Å². The third kappa shape index (κ3) is 4.16. The predicted molar refractivity (Wildman–Crippen MR) is 144 cm³/mol. The molecule has 0 bridgehead atoms. The van der Waals surface area contributed by atoms with Gasteiger partial charge in [-0.05, 0) is 61.8 Å². The molecule has 0 saturated carbocycles. The van der Waals surface area contributed by atoms with Crippen LogP contribution in [0, 0.1) is 5.82 Å². The second kappa shape index (κ2) is 9.35. The summed E-state index contributed by atoms with van der Waals surface area (Å²) < 4.78 is 19.7. The van der Waals surface area contributed by atoms with Crippen molar-refractivity contribution in [2.45, 2.75) is 18.9 Å². The van der Waals surface area contributed by atoms with Crippen LogP contribution in [0.1, 0.15) is 12.8 Å². The molecule has 0 radical (unpaired) electrons. The third-order valence-electron chi connectivity index (χ3n) is 6.94. The number of para-hydroxylation sites is 1. The van der Waals surface area contributed by atoms with Crippen LogP contribution >= 0.6 is 0 Å². The number of H-pyrrole nitrogens is 2. The summed E-state index contributed by atoms with van der Waals surface area (Å²) in [4.78, 5) is 17.3. The lowest BCUT2D eigenvalue weighted by Gasteiger charge is -2.23. The van der Waals surface area contributed by atoms with Crippen molar-refractivity contribution in [3.63, 3.8) is 0 Å². The molecule has 9 heteroatoms. The number of ether oxygens (including phenoxy) is 1. The molecule has 8 nitrogen and oxygen atoms in total. The standard InChI is InChI=1S/C29H24FN7O/c30-19-6-4-17(5-7-19)22-2-1-3-24-27(22)35-29(34-24)28-23-13-25(33-16-26(23)36-37-28)18-12-21(15-32-14-18)38-20-8-10-31-11-9-20/h1-7,12-16,20,31H,8-11H2,(H,34,35)(H,36,37). The Labute approximate surface area is 217 Å². The lowest BCUT2D eigenvalue weighted by atomic mass is 10.0. The van der Waals surface area contributed by atoms with Gasteiger partial charge in [-0.2, -0.15) is 5.10 Å². The molecule has 6 aromatic rings. The maximum Gasteiger partial charge on any atom is 0.159 e. The van der Waals surface area contributed by atoms with E-state index in [-0.39, 0.29) is 11.9 Å². The molecule has 2 aromatic carbocycles. The number of imidazole rings is 1. The van der Waals surface area contributed by atoms with Crippen LogP contribution in [0.5, 0.6) is 5.75 Å². The zero-order valence-corrected chi connectivity index (χ0v) is 20.4. The van der Waals surface area contributed by atoms with Gasteiger partial charge in [-0.15, -0.1) is 0 Å². The maximum atomic E-state index is 13.5. The van der Waals surface area contributed by atoms with Gasteiger partial charge in [0, 0.05) is 22.7 Å². The minimum Gasteiger partial charge on any atom is -0.489 e. The summed E-state index contributed by atoms with van der Waals surface area (Å²) in [5, 5.41) is 11.9. The van der Waals surface area contributed by atoms with Gasteiger partial charge in [0.25, 0.3) is 0 Å². The lowest BCUT2D eigenvalue weighted by Crippen LogP contribution is -2.34. The molecule has 0 amide bonds. The first kappa shape index (κ1) is 22.6. The zero-order chi connectivity index (χ0) is 25.5. The molecule has 5 heterocycles. The Morgan fingerprint density at radius 2 is 1.76 bits per heavy atom. The van der Waals surface area contributed by atoms with E-state index in [2.05, 4.69) is 30.5 Å². The topological polar surface area (TPSA) is 104 Å². The number of nitrogens with one attached hydrogen (secondary N) is 3. The van der Waals surface area contributed by atoms with Crippen LogP contribution in [0.3, 0.4) is 0 Å². The van der Waals surface area contributed by atoms with Crippen LogP contribution in [0.4, 0.5) is 4.39 Å². The minimum absolute atomic E-state index is 0.192. The fraction of sp³-hybridized carbons (Fsp3) is 0.172. The number of benzene rings is 2. The van der Waals surface area contributed by atoms with E-state index < -0.39 is 0 Å². The van der Waals surface area contributed by atoms with Crippen LogP contribution in [0.25, 0.3) is 55.8 Å². The molecule has 0 spiro atoms. The molecule has 3 N–H and O–H groups in total. The average molecular weight is 506 g/mol. The first-order valence-electron chi connectivity index (χ1n) is 12.6. The molecule has 1 aliphatic heterocycles. The van der Waals surface area contributed by atoms with Crippen molar-refractivity contribution in [1.29, 1.82) is 0 Å². The third-order valence-corrected chi connectivity index (χ3v) is 6.94. The van der Waals surface area contributed by atoms with Crippen LogP contribution < -0.4 is 10.1 Å². The summed E-state index contributed by atoms with van der Waals surface area (Å²) in [6.45, 7) is 1.93. The number of piperidine rings is 1. The van der Waals surface area contributed by atoms with Gasteiger partial charge in [0.15, 0.2) is 5.82 Å². The van der Waals surface area contributed by atoms with Crippen LogP contribution in [0.15, 0.2) is 73.2 Å². The SMILES string of the molecule is Fc1ccc(-c2cccc3[nH]c(-c4n[nH]c5cnc(-c6cncc(OC7CCNCC7)c6)cc45)nc23)cc1. The van der Waals surface area contributed by atoms with E-state index in [0.717, 1.165) is 76.0 Å². The van der Waals surface area contributed by atoms with Gasteiger partial charge in [0.2, 0.25) is 0 Å². The quantitative estimate of drug-likeness (QED) is 0.286. The Morgan fingerprint density at radius 1 is 0.895 bits per heavy atom. The van der Waals surface area contributed by atoms with Gasteiger partial charge in [-0.3, -0.25) is 15.1 Å². The minimum atomic E-state index is -0.269. The summed E-state index contributed by atoms with van der Waals surface area (Å²) in [6, 6.07) is 16.3. The summed E-state index contributed by atoms with van der Waals surface area (Å²) in [7, 11) is 0. The second-order valence-electron chi connectivity index (χ2n) is 9.46. The van der Waals surface area contributed by atoms with Gasteiger partial charge >= 0.3 is 0 Å². The van der Waals surface area contributed by atoms with Crippen LogP contribution in [0.2, 0.25) is 0 Å². The Hall–Kier alpha value is -4.63. The molecular formula is C29H24FN7O. The molecule has 1 fully saturated rings. The molecule has 0 atom stereocenters. The second-order valence-corrected chi connectivity index (χ2v) is 9.46. The highest BCUT2D eigenvalue weighted by Gasteiger charge is 2.18. The zero-order valence-electron chi connectivity index (χ0n) is 20.4. The van der Waals surface area contributed by atoms with E-state index in [9.17, 15) is 4.39 Å². The van der Waals surface area contributed by atoms with Gasteiger partial charge in [-0.1, -0.05) is 24.3 Å². The highest BCUT2D eigenvalue weighted by atomic mass is 19.1. The first-order valence-corrected chi connectivity index (χ1v) is 12.6. The number of pyridine rings is 2. The summed E-state index contributed by atoms with van der Waals surface area (Å²) in [6.07, 6.45) is 7.46. The molecule has 1 saturated heterocycles. The normalized spacial score (nSPS) is 14.3. The first-order chi connectivity index (χ1) is 18.7. The van der Waals surface area contributed by atoms with Crippen molar-refractivity contribution in [2.24, 2.45) is 0 Å². The fourth-order valence-corrected chi connectivity index (χ4v) is 4.99. The van der Waals surface area contributed by atoms with Crippen molar-refractivity contribution in [2.75, 3.05) is 13.1 Å². The van der Waals surface area contributed by atoms with Crippen molar-refractivity contribution in [3.8, 4) is 39.7 Å². The van der Waals surface area contributed by atoms with Gasteiger partial charge in [-0.25, -0.2) is 9.37 Å². The highest BCUT2D eigenvalue weighted by molar-refractivity contribution is 5.97. The van der Waals surface area contributed by atoms with Gasteiger partial charge in [0.1, 0.15) is 23.4 Å². The molecular weight excluding hydrogens is 481 g/mol. The maximum absolute atomic E-state index is 13.5.